The predicted molar refractivity (Wildman–Crippen MR) is 138 cm³/mol. The van der Waals surface area contributed by atoms with Crippen LogP contribution in [0.15, 0.2) is 35.1 Å². The monoisotopic (exact) mass is 488 g/mol. The number of hydrogen-bond donors (Lipinski definition) is 0. The van der Waals surface area contributed by atoms with E-state index in [9.17, 15) is 10.1 Å². The number of anilines is 1. The molecule has 0 bridgehead atoms. The van der Waals surface area contributed by atoms with Crippen LogP contribution in [0, 0.1) is 17.1 Å². The van der Waals surface area contributed by atoms with Crippen LogP contribution in [0.4, 0.5) is 10.2 Å². The molecule has 2 aliphatic rings. The van der Waals surface area contributed by atoms with Gasteiger partial charge in [0.2, 0.25) is 0 Å². The van der Waals surface area contributed by atoms with Gasteiger partial charge in [-0.15, -0.1) is 0 Å². The molecule has 1 saturated carbocycles. The summed E-state index contributed by atoms with van der Waals surface area (Å²) >= 11 is 0. The Morgan fingerprint density at radius 1 is 1.17 bits per heavy atom. The Morgan fingerprint density at radius 3 is 2.58 bits per heavy atom. The first-order valence-electron chi connectivity index (χ1n) is 13.0. The Bertz CT molecular complexity index is 1390. The highest BCUT2D eigenvalue weighted by Crippen LogP contribution is 2.42. The fourth-order valence-corrected chi connectivity index (χ4v) is 5.69. The highest BCUT2D eigenvalue weighted by Gasteiger charge is 2.37. The van der Waals surface area contributed by atoms with Gasteiger partial charge in [-0.2, -0.15) is 10.2 Å². The zero-order valence-corrected chi connectivity index (χ0v) is 21.4. The second-order valence-corrected chi connectivity index (χ2v) is 10.2. The molecule has 1 aliphatic heterocycles. The molecular formula is C28H33FN6O. The standard InChI is InChI=1S/C28H33FN6O/c1-5-21-16-34(27-26-25(33(4)28(36)32-27)12-10-20(14-30)31-26)17(3)15-35(21)24(6-2)22-11-9-19(13-23(22)29)18-7-8-18/h9-13,17-18,21,24H,5-8,15-16H2,1-4H3/t17-,21+,24?/m0/s1. The van der Waals surface area contributed by atoms with Crippen molar-refractivity contribution in [1.29, 1.82) is 5.26 Å². The lowest BCUT2D eigenvalue weighted by molar-refractivity contribution is 0.0920. The third-order valence-electron chi connectivity index (χ3n) is 7.90. The van der Waals surface area contributed by atoms with E-state index in [4.69, 9.17) is 0 Å². The predicted octanol–water partition coefficient (Wildman–Crippen LogP) is 4.66. The Labute approximate surface area is 211 Å². The summed E-state index contributed by atoms with van der Waals surface area (Å²) in [4.78, 5) is 26.2. The maximum absolute atomic E-state index is 15.3. The van der Waals surface area contributed by atoms with E-state index in [-0.39, 0.29) is 29.6 Å². The molecule has 1 aliphatic carbocycles. The van der Waals surface area contributed by atoms with Gasteiger partial charge in [0.1, 0.15) is 23.1 Å². The number of rotatable bonds is 6. The van der Waals surface area contributed by atoms with Gasteiger partial charge in [-0.25, -0.2) is 14.2 Å². The van der Waals surface area contributed by atoms with Gasteiger partial charge >= 0.3 is 5.69 Å². The SMILES string of the molecule is CCC(c1ccc(C2CC2)cc1F)N1C[C@H](C)N(c2nc(=O)n(C)c3ccc(C#N)nc23)C[C@H]1CC. The third kappa shape index (κ3) is 4.26. The van der Waals surface area contributed by atoms with Crippen molar-refractivity contribution in [2.24, 2.45) is 7.05 Å². The average Bonchev–Trinajstić information content (AvgIpc) is 3.73. The fraction of sp³-hybridized carbons (Fsp3) is 0.500. The second kappa shape index (κ2) is 9.62. The van der Waals surface area contributed by atoms with Gasteiger partial charge in [-0.05, 0) is 62.3 Å². The van der Waals surface area contributed by atoms with E-state index in [0.717, 1.165) is 36.8 Å². The molecule has 3 aromatic rings. The third-order valence-corrected chi connectivity index (χ3v) is 7.90. The summed E-state index contributed by atoms with van der Waals surface area (Å²) in [6.07, 6.45) is 4.00. The van der Waals surface area contributed by atoms with Crippen molar-refractivity contribution >= 4 is 16.9 Å². The molecule has 36 heavy (non-hydrogen) atoms. The molecule has 0 amide bonds. The summed E-state index contributed by atoms with van der Waals surface area (Å²) in [6, 6.07) is 11.5. The number of benzene rings is 1. The maximum Gasteiger partial charge on any atom is 0.349 e. The van der Waals surface area contributed by atoms with Gasteiger partial charge in [-0.1, -0.05) is 26.0 Å². The largest absolute Gasteiger partial charge is 0.349 e. The minimum atomic E-state index is -0.351. The summed E-state index contributed by atoms with van der Waals surface area (Å²) in [5.74, 6) is 0.934. The van der Waals surface area contributed by atoms with Crippen LogP contribution in [0.5, 0.6) is 0 Å². The number of piperazine rings is 1. The average molecular weight is 489 g/mol. The first-order chi connectivity index (χ1) is 17.4. The minimum Gasteiger partial charge on any atom is -0.349 e. The molecular weight excluding hydrogens is 455 g/mol. The van der Waals surface area contributed by atoms with Crippen molar-refractivity contribution in [2.45, 2.75) is 70.5 Å². The molecule has 7 nitrogen and oxygen atoms in total. The first-order valence-corrected chi connectivity index (χ1v) is 13.0. The van der Waals surface area contributed by atoms with E-state index < -0.39 is 0 Å². The van der Waals surface area contributed by atoms with Crippen LogP contribution >= 0.6 is 0 Å². The number of aryl methyl sites for hydroxylation is 1. The van der Waals surface area contributed by atoms with Gasteiger partial charge in [0.15, 0.2) is 5.82 Å². The number of pyridine rings is 1. The van der Waals surface area contributed by atoms with Crippen molar-refractivity contribution < 1.29 is 4.39 Å². The number of hydrogen-bond acceptors (Lipinski definition) is 6. The topological polar surface area (TPSA) is 78.0 Å². The zero-order chi connectivity index (χ0) is 25.6. The molecule has 1 saturated heterocycles. The molecule has 188 valence electrons. The minimum absolute atomic E-state index is 0.0194. The molecule has 0 radical (unpaired) electrons. The van der Waals surface area contributed by atoms with E-state index in [1.54, 1.807) is 25.2 Å². The number of nitrogens with zero attached hydrogens (tertiary/aromatic N) is 6. The summed E-state index contributed by atoms with van der Waals surface area (Å²) in [6.45, 7) is 7.72. The van der Waals surface area contributed by atoms with E-state index in [2.05, 4.69) is 52.7 Å². The summed E-state index contributed by atoms with van der Waals surface area (Å²) in [7, 11) is 1.67. The fourth-order valence-electron chi connectivity index (χ4n) is 5.69. The first kappa shape index (κ1) is 24.4. The molecule has 3 atom stereocenters. The van der Waals surface area contributed by atoms with E-state index >= 15 is 4.39 Å². The molecule has 3 heterocycles. The quantitative estimate of drug-likeness (QED) is 0.502. The van der Waals surface area contributed by atoms with Crippen LogP contribution < -0.4 is 10.6 Å². The van der Waals surface area contributed by atoms with Crippen LogP contribution in [0.25, 0.3) is 11.0 Å². The molecule has 8 heteroatoms. The number of halogens is 1. The lowest BCUT2D eigenvalue weighted by Gasteiger charge is -2.49. The molecule has 1 aromatic carbocycles. The van der Waals surface area contributed by atoms with Gasteiger partial charge in [0.25, 0.3) is 0 Å². The molecule has 0 spiro atoms. The van der Waals surface area contributed by atoms with Crippen molar-refractivity contribution in [1.82, 2.24) is 19.4 Å². The van der Waals surface area contributed by atoms with Crippen LogP contribution in [-0.2, 0) is 7.05 Å². The highest BCUT2D eigenvalue weighted by atomic mass is 19.1. The van der Waals surface area contributed by atoms with Crippen LogP contribution in [0.3, 0.4) is 0 Å². The highest BCUT2D eigenvalue weighted by molar-refractivity contribution is 5.86. The Kier molecular flexibility index (Phi) is 6.52. The number of aromatic nitrogens is 3. The van der Waals surface area contributed by atoms with Crippen LogP contribution in [0.2, 0.25) is 0 Å². The lowest BCUT2D eigenvalue weighted by Crippen LogP contribution is -2.58. The summed E-state index contributed by atoms with van der Waals surface area (Å²) in [5, 5.41) is 9.41. The van der Waals surface area contributed by atoms with Gasteiger partial charge < -0.3 is 4.90 Å². The van der Waals surface area contributed by atoms with E-state index in [0.29, 0.717) is 41.6 Å². The van der Waals surface area contributed by atoms with Gasteiger partial charge in [0.05, 0.1) is 5.52 Å². The Morgan fingerprint density at radius 2 is 1.94 bits per heavy atom. The Hall–Kier alpha value is -3.31. The molecule has 0 N–H and O–H groups in total. The van der Waals surface area contributed by atoms with E-state index in [1.165, 1.54) is 4.57 Å². The lowest BCUT2D eigenvalue weighted by atomic mass is 9.94. The smallest absolute Gasteiger partial charge is 0.349 e. The second-order valence-electron chi connectivity index (χ2n) is 10.2. The zero-order valence-electron chi connectivity index (χ0n) is 21.4. The number of fused-ring (bicyclic) bond motifs is 1. The molecule has 1 unspecified atom stereocenters. The summed E-state index contributed by atoms with van der Waals surface area (Å²) in [5.41, 5.74) is 3.02. The molecule has 2 aromatic heterocycles. The maximum atomic E-state index is 15.3. The molecule has 2 fully saturated rings. The normalized spacial score (nSPS) is 21.5. The van der Waals surface area contributed by atoms with Crippen LogP contribution in [0.1, 0.15) is 75.2 Å². The van der Waals surface area contributed by atoms with Crippen molar-refractivity contribution in [3.05, 3.63) is 63.5 Å². The summed E-state index contributed by atoms with van der Waals surface area (Å²) < 4.78 is 16.8. The van der Waals surface area contributed by atoms with Crippen molar-refractivity contribution in [2.75, 3.05) is 18.0 Å². The Balaban J connectivity index is 1.50. The van der Waals surface area contributed by atoms with Gasteiger partial charge in [0, 0.05) is 43.8 Å². The van der Waals surface area contributed by atoms with E-state index in [1.807, 2.05) is 6.07 Å². The van der Waals surface area contributed by atoms with Crippen molar-refractivity contribution in [3.8, 4) is 6.07 Å². The molecule has 5 rings (SSSR count). The van der Waals surface area contributed by atoms with Crippen molar-refractivity contribution in [3.63, 3.8) is 0 Å². The number of nitriles is 1. The van der Waals surface area contributed by atoms with Crippen LogP contribution in [-0.4, -0.2) is 44.6 Å². The van der Waals surface area contributed by atoms with Gasteiger partial charge in [-0.3, -0.25) is 9.47 Å².